The van der Waals surface area contributed by atoms with Crippen LogP contribution in [0.3, 0.4) is 0 Å². The molecule has 16 heavy (non-hydrogen) atoms. The quantitative estimate of drug-likeness (QED) is 0.732. The van der Waals surface area contributed by atoms with E-state index in [1.807, 2.05) is 0 Å². The highest BCUT2D eigenvalue weighted by Crippen LogP contribution is 2.19. The number of nitrogens with zero attached hydrogens (tertiary/aromatic N) is 2. The highest BCUT2D eigenvalue weighted by molar-refractivity contribution is 4.85. The summed E-state index contributed by atoms with van der Waals surface area (Å²) in [6.07, 6.45) is 5.47. The first-order valence-corrected chi connectivity index (χ1v) is 6.95. The molecule has 1 saturated heterocycles. The fourth-order valence-electron chi connectivity index (χ4n) is 2.52. The summed E-state index contributed by atoms with van der Waals surface area (Å²) in [5.74, 6) is 0. The Hall–Kier alpha value is -0.120. The van der Waals surface area contributed by atoms with Crippen LogP contribution in [0.4, 0.5) is 0 Å². The van der Waals surface area contributed by atoms with Crippen LogP contribution in [0.1, 0.15) is 32.6 Å². The van der Waals surface area contributed by atoms with E-state index in [0.717, 1.165) is 12.1 Å². The zero-order chi connectivity index (χ0) is 11.4. The molecule has 3 heteroatoms. The van der Waals surface area contributed by atoms with Crippen molar-refractivity contribution in [1.29, 1.82) is 0 Å². The van der Waals surface area contributed by atoms with E-state index in [0.29, 0.717) is 0 Å². The first-order valence-electron chi connectivity index (χ1n) is 6.95. The van der Waals surface area contributed by atoms with E-state index >= 15 is 0 Å². The van der Waals surface area contributed by atoms with Gasteiger partial charge < -0.3 is 10.2 Å². The Morgan fingerprint density at radius 3 is 2.44 bits per heavy atom. The van der Waals surface area contributed by atoms with Crippen LogP contribution in [0, 0.1) is 0 Å². The summed E-state index contributed by atoms with van der Waals surface area (Å²) >= 11 is 0. The van der Waals surface area contributed by atoms with Crippen molar-refractivity contribution in [2.75, 3.05) is 39.8 Å². The van der Waals surface area contributed by atoms with Gasteiger partial charge in [0.25, 0.3) is 0 Å². The molecule has 2 aliphatic rings. The molecule has 94 valence electrons. The van der Waals surface area contributed by atoms with Crippen molar-refractivity contribution in [1.82, 2.24) is 15.1 Å². The molecule has 1 saturated carbocycles. The lowest BCUT2D eigenvalue weighted by Crippen LogP contribution is -2.52. The molecule has 0 bridgehead atoms. The SMILES string of the molecule is CCCC(CNC1CC1)N1CCN(C)CC1. The lowest BCUT2D eigenvalue weighted by atomic mass is 10.1. The number of rotatable bonds is 6. The Balaban J connectivity index is 1.75. The number of nitrogens with one attached hydrogen (secondary N) is 1. The van der Waals surface area contributed by atoms with E-state index in [2.05, 4.69) is 29.1 Å². The Morgan fingerprint density at radius 2 is 1.88 bits per heavy atom. The summed E-state index contributed by atoms with van der Waals surface area (Å²) in [6.45, 7) is 8.51. The van der Waals surface area contributed by atoms with Gasteiger partial charge in [-0.3, -0.25) is 4.90 Å². The van der Waals surface area contributed by atoms with Crippen molar-refractivity contribution in [2.24, 2.45) is 0 Å². The van der Waals surface area contributed by atoms with Gasteiger partial charge >= 0.3 is 0 Å². The van der Waals surface area contributed by atoms with Gasteiger partial charge in [0.15, 0.2) is 0 Å². The standard InChI is InChI=1S/C13H27N3/c1-3-4-13(11-14-12-5-6-12)16-9-7-15(2)8-10-16/h12-14H,3-11H2,1-2H3. The Kier molecular flexibility index (Phi) is 4.62. The van der Waals surface area contributed by atoms with Crippen molar-refractivity contribution in [3.05, 3.63) is 0 Å². The van der Waals surface area contributed by atoms with Gasteiger partial charge in [-0.25, -0.2) is 0 Å². The zero-order valence-electron chi connectivity index (χ0n) is 10.9. The summed E-state index contributed by atoms with van der Waals surface area (Å²) in [5, 5.41) is 3.69. The minimum atomic E-state index is 0.777. The summed E-state index contributed by atoms with van der Waals surface area (Å²) in [6, 6.07) is 1.63. The molecule has 0 aromatic rings. The lowest BCUT2D eigenvalue weighted by Gasteiger charge is -2.38. The van der Waals surface area contributed by atoms with Crippen molar-refractivity contribution < 1.29 is 0 Å². The normalized spacial score (nSPS) is 25.9. The number of likely N-dealkylation sites (N-methyl/N-ethyl adjacent to an activating group) is 1. The van der Waals surface area contributed by atoms with Crippen LogP contribution < -0.4 is 5.32 Å². The predicted molar refractivity (Wildman–Crippen MR) is 68.8 cm³/mol. The molecular formula is C13H27N3. The maximum atomic E-state index is 3.69. The van der Waals surface area contributed by atoms with E-state index in [1.165, 1.54) is 58.4 Å². The summed E-state index contributed by atoms with van der Waals surface area (Å²) in [5.41, 5.74) is 0. The molecule has 2 rings (SSSR count). The molecule has 0 spiro atoms. The second-order valence-electron chi connectivity index (χ2n) is 5.46. The molecule has 1 N–H and O–H groups in total. The Labute approximate surface area is 100 Å². The molecular weight excluding hydrogens is 198 g/mol. The molecule has 1 aliphatic heterocycles. The largest absolute Gasteiger partial charge is 0.312 e. The van der Waals surface area contributed by atoms with Crippen LogP contribution in [-0.4, -0.2) is 61.7 Å². The predicted octanol–water partition coefficient (Wildman–Crippen LogP) is 1.15. The van der Waals surface area contributed by atoms with Crippen LogP contribution in [0.15, 0.2) is 0 Å². The fraction of sp³-hybridized carbons (Fsp3) is 1.00. The maximum absolute atomic E-state index is 3.69. The second kappa shape index (κ2) is 5.99. The molecule has 1 unspecified atom stereocenters. The van der Waals surface area contributed by atoms with Gasteiger partial charge in [0.1, 0.15) is 0 Å². The van der Waals surface area contributed by atoms with Gasteiger partial charge in [-0.05, 0) is 26.3 Å². The van der Waals surface area contributed by atoms with E-state index in [1.54, 1.807) is 0 Å². The molecule has 0 radical (unpaired) electrons. The fourth-order valence-corrected chi connectivity index (χ4v) is 2.52. The van der Waals surface area contributed by atoms with Crippen LogP contribution in [0.25, 0.3) is 0 Å². The van der Waals surface area contributed by atoms with Crippen molar-refractivity contribution in [3.63, 3.8) is 0 Å². The molecule has 2 fully saturated rings. The molecule has 0 amide bonds. The van der Waals surface area contributed by atoms with E-state index in [-0.39, 0.29) is 0 Å². The average molecular weight is 225 g/mol. The summed E-state index contributed by atoms with van der Waals surface area (Å²) in [4.78, 5) is 5.13. The number of piperazine rings is 1. The number of hydrogen-bond donors (Lipinski definition) is 1. The molecule has 1 heterocycles. The van der Waals surface area contributed by atoms with Crippen molar-refractivity contribution in [3.8, 4) is 0 Å². The first kappa shape index (κ1) is 12.3. The Morgan fingerprint density at radius 1 is 1.19 bits per heavy atom. The van der Waals surface area contributed by atoms with E-state index in [4.69, 9.17) is 0 Å². The first-order chi connectivity index (χ1) is 7.79. The average Bonchev–Trinajstić information content (AvgIpc) is 3.09. The lowest BCUT2D eigenvalue weighted by molar-refractivity contribution is 0.105. The van der Waals surface area contributed by atoms with Crippen LogP contribution in [0.5, 0.6) is 0 Å². The smallest absolute Gasteiger partial charge is 0.0221 e. The third-order valence-corrected chi connectivity index (χ3v) is 3.90. The third kappa shape index (κ3) is 3.72. The van der Waals surface area contributed by atoms with Crippen molar-refractivity contribution >= 4 is 0 Å². The van der Waals surface area contributed by atoms with Crippen LogP contribution in [-0.2, 0) is 0 Å². The molecule has 1 aliphatic carbocycles. The topological polar surface area (TPSA) is 18.5 Å². The van der Waals surface area contributed by atoms with E-state index < -0.39 is 0 Å². The van der Waals surface area contributed by atoms with Gasteiger partial charge in [0.2, 0.25) is 0 Å². The van der Waals surface area contributed by atoms with Crippen molar-refractivity contribution in [2.45, 2.75) is 44.7 Å². The summed E-state index contributed by atoms with van der Waals surface area (Å²) < 4.78 is 0. The monoisotopic (exact) mass is 225 g/mol. The van der Waals surface area contributed by atoms with Gasteiger partial charge in [-0.2, -0.15) is 0 Å². The third-order valence-electron chi connectivity index (χ3n) is 3.90. The molecule has 0 aromatic carbocycles. The van der Waals surface area contributed by atoms with Gasteiger partial charge in [-0.15, -0.1) is 0 Å². The molecule has 1 atom stereocenters. The molecule has 3 nitrogen and oxygen atoms in total. The molecule has 0 aromatic heterocycles. The van der Waals surface area contributed by atoms with Gasteiger partial charge in [0.05, 0.1) is 0 Å². The maximum Gasteiger partial charge on any atom is 0.0221 e. The van der Waals surface area contributed by atoms with Gasteiger partial charge in [-0.1, -0.05) is 13.3 Å². The highest BCUT2D eigenvalue weighted by atomic mass is 15.3. The second-order valence-corrected chi connectivity index (χ2v) is 5.46. The number of hydrogen-bond acceptors (Lipinski definition) is 3. The Bertz CT molecular complexity index is 195. The zero-order valence-corrected chi connectivity index (χ0v) is 10.9. The highest BCUT2D eigenvalue weighted by Gasteiger charge is 2.25. The van der Waals surface area contributed by atoms with Crippen LogP contribution in [0.2, 0.25) is 0 Å². The summed E-state index contributed by atoms with van der Waals surface area (Å²) in [7, 11) is 2.23. The van der Waals surface area contributed by atoms with Gasteiger partial charge in [0, 0.05) is 44.8 Å². The minimum Gasteiger partial charge on any atom is -0.312 e. The minimum absolute atomic E-state index is 0.777. The van der Waals surface area contributed by atoms with Crippen LogP contribution >= 0.6 is 0 Å². The van der Waals surface area contributed by atoms with E-state index in [9.17, 15) is 0 Å².